The first-order valence-corrected chi connectivity index (χ1v) is 14.3. The number of imidazole rings is 2. The van der Waals surface area contributed by atoms with Crippen molar-refractivity contribution >= 4 is 10.9 Å². The monoisotopic (exact) mass is 519 g/mol. The number of H-pyrrole nitrogens is 2. The van der Waals surface area contributed by atoms with E-state index in [0.717, 1.165) is 77.8 Å². The summed E-state index contributed by atoms with van der Waals surface area (Å²) in [4.78, 5) is 16.4. The average molecular weight is 520 g/mol. The Hall–Kier alpha value is -3.88. The van der Waals surface area contributed by atoms with Gasteiger partial charge in [-0.05, 0) is 69.1 Å². The van der Waals surface area contributed by atoms with E-state index in [1.54, 1.807) is 0 Å². The van der Waals surface area contributed by atoms with Crippen LogP contribution in [0.5, 0.6) is 5.75 Å². The topological polar surface area (TPSA) is 95.6 Å². The van der Waals surface area contributed by atoms with Crippen LogP contribution in [0.2, 0.25) is 0 Å². The molecule has 8 heteroatoms. The molecule has 3 aliphatic rings. The number of hydrogen-bond acceptors (Lipinski definition) is 5. The fraction of sp³-hybridized carbons (Fsp3) is 0.355. The molecule has 0 radical (unpaired) electrons. The quantitative estimate of drug-likeness (QED) is 0.221. The van der Waals surface area contributed by atoms with Gasteiger partial charge in [-0.25, -0.2) is 9.97 Å². The molecule has 8 nitrogen and oxygen atoms in total. The van der Waals surface area contributed by atoms with Crippen LogP contribution in [-0.2, 0) is 0 Å². The summed E-state index contributed by atoms with van der Waals surface area (Å²) in [7, 11) is 0. The van der Waals surface area contributed by atoms with Crippen molar-refractivity contribution in [2.45, 2.75) is 57.3 Å². The second-order valence-corrected chi connectivity index (χ2v) is 11.0. The third-order valence-corrected chi connectivity index (χ3v) is 8.59. The third-order valence-electron chi connectivity index (χ3n) is 8.59. The summed E-state index contributed by atoms with van der Waals surface area (Å²) in [6.07, 6.45) is 9.39. The zero-order valence-corrected chi connectivity index (χ0v) is 22.1. The van der Waals surface area contributed by atoms with Gasteiger partial charge in [0.1, 0.15) is 17.4 Å². The average Bonchev–Trinajstić information content (AvgIpc) is 3.80. The Morgan fingerprint density at radius 2 is 1.51 bits per heavy atom. The number of benzene rings is 2. The molecule has 2 fully saturated rings. The van der Waals surface area contributed by atoms with Crippen LogP contribution >= 0.6 is 0 Å². The summed E-state index contributed by atoms with van der Waals surface area (Å²) >= 11 is 0. The van der Waals surface area contributed by atoms with Crippen molar-refractivity contribution in [3.63, 3.8) is 0 Å². The lowest BCUT2D eigenvalue weighted by Crippen LogP contribution is -2.20. The Labute approximate surface area is 227 Å². The Morgan fingerprint density at radius 1 is 0.846 bits per heavy atom. The standard InChI is InChI=1S/C31H33N7O/c1-2-29-38-26-10-8-18(24-16-34-30(36-24)22-5-3-11-32-22)13-20(26)14-27(38)21-9-7-19(15-28(21)39-29)25-17-35-31(37-25)23-6-4-12-33-23/h7-10,13-17,22-23,29,32-33H,2-6,11-12H2,1H3,(H,34,36)(H,35,37). The smallest absolute Gasteiger partial charge is 0.176 e. The molecule has 0 spiro atoms. The molecule has 198 valence electrons. The van der Waals surface area contributed by atoms with Gasteiger partial charge in [-0.2, -0.15) is 0 Å². The van der Waals surface area contributed by atoms with E-state index < -0.39 is 0 Å². The van der Waals surface area contributed by atoms with Crippen LogP contribution in [0.15, 0.2) is 54.9 Å². The van der Waals surface area contributed by atoms with Crippen molar-refractivity contribution in [1.29, 1.82) is 0 Å². The molecule has 39 heavy (non-hydrogen) atoms. The highest BCUT2D eigenvalue weighted by atomic mass is 16.5. The van der Waals surface area contributed by atoms with E-state index in [9.17, 15) is 0 Å². The fourth-order valence-electron chi connectivity index (χ4n) is 6.54. The number of aromatic nitrogens is 5. The molecule has 0 amide bonds. The maximum absolute atomic E-state index is 6.61. The van der Waals surface area contributed by atoms with E-state index in [1.807, 2.05) is 12.4 Å². The predicted octanol–water partition coefficient (Wildman–Crippen LogP) is 6.24. The highest BCUT2D eigenvalue weighted by molar-refractivity contribution is 5.92. The number of hydrogen-bond donors (Lipinski definition) is 4. The van der Waals surface area contributed by atoms with E-state index in [4.69, 9.17) is 4.74 Å². The first-order chi connectivity index (χ1) is 19.2. The number of nitrogens with one attached hydrogen (secondary N) is 4. The number of rotatable bonds is 5. The van der Waals surface area contributed by atoms with Gasteiger partial charge in [0.2, 0.25) is 0 Å². The molecule has 8 rings (SSSR count). The minimum absolute atomic E-state index is 0.0571. The lowest BCUT2D eigenvalue weighted by molar-refractivity contribution is 0.128. The molecular weight excluding hydrogens is 486 g/mol. The summed E-state index contributed by atoms with van der Waals surface area (Å²) in [6, 6.07) is 16.2. The van der Waals surface area contributed by atoms with Gasteiger partial charge >= 0.3 is 0 Å². The lowest BCUT2D eigenvalue weighted by atomic mass is 10.0. The Morgan fingerprint density at radius 3 is 2.15 bits per heavy atom. The van der Waals surface area contributed by atoms with Gasteiger partial charge in [0.25, 0.3) is 0 Å². The Kier molecular flexibility index (Phi) is 5.38. The molecule has 3 atom stereocenters. The Bertz CT molecular complexity index is 1670. The van der Waals surface area contributed by atoms with E-state index in [0.29, 0.717) is 12.1 Å². The van der Waals surface area contributed by atoms with Crippen molar-refractivity contribution in [3.05, 3.63) is 66.5 Å². The second-order valence-electron chi connectivity index (χ2n) is 11.0. The zero-order chi connectivity index (χ0) is 25.9. The highest BCUT2D eigenvalue weighted by Crippen LogP contribution is 2.45. The van der Waals surface area contributed by atoms with Crippen LogP contribution in [0.4, 0.5) is 0 Å². The minimum Gasteiger partial charge on any atom is -0.469 e. The SMILES string of the molecule is CCC1Oc2cc(-c3cnc(C4CCCN4)[nH]3)ccc2-c2cc3cc(-c4cnc(C5CCCN5)[nH]4)ccc3n21. The fourth-order valence-corrected chi connectivity index (χ4v) is 6.54. The summed E-state index contributed by atoms with van der Waals surface area (Å²) in [5.41, 5.74) is 7.84. The molecule has 0 saturated carbocycles. The summed E-state index contributed by atoms with van der Waals surface area (Å²) in [6.45, 7) is 4.30. The van der Waals surface area contributed by atoms with E-state index in [1.165, 1.54) is 29.4 Å². The van der Waals surface area contributed by atoms with Gasteiger partial charge in [0, 0.05) is 28.5 Å². The van der Waals surface area contributed by atoms with Crippen LogP contribution in [0.3, 0.4) is 0 Å². The van der Waals surface area contributed by atoms with E-state index in [-0.39, 0.29) is 6.23 Å². The summed E-state index contributed by atoms with van der Waals surface area (Å²) in [5, 5.41) is 8.26. The minimum atomic E-state index is -0.0571. The molecule has 0 aliphatic carbocycles. The normalized spacial score (nSPS) is 22.2. The maximum Gasteiger partial charge on any atom is 0.176 e. The maximum atomic E-state index is 6.61. The molecule has 3 aromatic heterocycles. The van der Waals surface area contributed by atoms with Gasteiger partial charge in [0.05, 0.1) is 47.1 Å². The molecule has 2 saturated heterocycles. The molecule has 0 bridgehead atoms. The highest BCUT2D eigenvalue weighted by Gasteiger charge is 2.28. The van der Waals surface area contributed by atoms with Gasteiger partial charge in [-0.3, -0.25) is 0 Å². The summed E-state index contributed by atoms with van der Waals surface area (Å²) < 4.78 is 8.96. The number of ether oxygens (including phenoxy) is 1. The molecule has 6 heterocycles. The molecule has 3 unspecified atom stereocenters. The molecular formula is C31H33N7O. The van der Waals surface area contributed by atoms with Gasteiger partial charge < -0.3 is 29.9 Å². The van der Waals surface area contributed by atoms with E-state index >= 15 is 0 Å². The van der Waals surface area contributed by atoms with Crippen LogP contribution in [-0.4, -0.2) is 37.6 Å². The van der Waals surface area contributed by atoms with Gasteiger partial charge in [0.15, 0.2) is 6.23 Å². The zero-order valence-electron chi connectivity index (χ0n) is 22.1. The predicted molar refractivity (Wildman–Crippen MR) is 152 cm³/mol. The second kappa shape index (κ2) is 9.10. The third kappa shape index (κ3) is 3.81. The van der Waals surface area contributed by atoms with Crippen LogP contribution in [0.1, 0.15) is 69.0 Å². The number of nitrogens with zero attached hydrogens (tertiary/aromatic N) is 3. The molecule has 4 N–H and O–H groups in total. The van der Waals surface area contributed by atoms with Crippen LogP contribution < -0.4 is 15.4 Å². The lowest BCUT2D eigenvalue weighted by Gasteiger charge is -2.29. The van der Waals surface area contributed by atoms with Crippen molar-refractivity contribution in [1.82, 2.24) is 35.1 Å². The first-order valence-electron chi connectivity index (χ1n) is 14.3. The number of aromatic amines is 2. The Balaban J connectivity index is 1.15. The molecule has 5 aromatic rings. The molecule has 2 aromatic carbocycles. The van der Waals surface area contributed by atoms with Gasteiger partial charge in [-0.15, -0.1) is 0 Å². The van der Waals surface area contributed by atoms with Crippen molar-refractivity contribution in [2.75, 3.05) is 13.1 Å². The first kappa shape index (κ1) is 23.0. The molecule has 3 aliphatic heterocycles. The van der Waals surface area contributed by atoms with Crippen molar-refractivity contribution in [2.24, 2.45) is 0 Å². The van der Waals surface area contributed by atoms with Crippen LogP contribution in [0, 0.1) is 0 Å². The summed E-state index contributed by atoms with van der Waals surface area (Å²) in [5.74, 6) is 2.98. The number of fused-ring (bicyclic) bond motifs is 5. The van der Waals surface area contributed by atoms with Crippen molar-refractivity contribution in [3.8, 4) is 39.5 Å². The van der Waals surface area contributed by atoms with Crippen molar-refractivity contribution < 1.29 is 4.74 Å². The largest absolute Gasteiger partial charge is 0.469 e. The van der Waals surface area contributed by atoms with Gasteiger partial charge in [-0.1, -0.05) is 19.1 Å². The van der Waals surface area contributed by atoms with Crippen LogP contribution in [0.25, 0.3) is 44.7 Å². The van der Waals surface area contributed by atoms with E-state index in [2.05, 4.69) is 84.5 Å².